The van der Waals surface area contributed by atoms with Crippen LogP contribution in [0.4, 0.5) is 30.6 Å². The van der Waals surface area contributed by atoms with Gasteiger partial charge < -0.3 is 19.7 Å². The van der Waals surface area contributed by atoms with Crippen LogP contribution >= 0.6 is 11.9 Å². The number of anilines is 3. The molecule has 3 aromatic rings. The van der Waals surface area contributed by atoms with Crippen molar-refractivity contribution in [2.75, 3.05) is 34.9 Å². The standard InChI is InChI=1S/C37H44F3N7O3S/c1-35(2)22-26-10-6-19-41-29-13-12-28(50-24-25-8-4-3-5-9-25)34(42-29)51-45-33(48)27-11-14-30(43-32(27)46(35)23-26)47-20-15-31(44-47)49-21-7-16-36(17-18-36)37(38,39)40/h3-5,8-9,11-15,20,26,31,44H,6-7,10,16-19,21-24H2,1-2H3,(H,41,42)(H,45,48). The van der Waals surface area contributed by atoms with Gasteiger partial charge in [0.05, 0.1) is 11.0 Å². The molecule has 51 heavy (non-hydrogen) atoms. The van der Waals surface area contributed by atoms with Crippen molar-refractivity contribution in [2.45, 2.75) is 88.4 Å². The van der Waals surface area contributed by atoms with Crippen LogP contribution in [0.1, 0.15) is 74.7 Å². The van der Waals surface area contributed by atoms with E-state index in [0.717, 1.165) is 55.7 Å². The van der Waals surface area contributed by atoms with Crippen molar-refractivity contribution in [3.8, 4) is 5.75 Å². The van der Waals surface area contributed by atoms with E-state index in [0.29, 0.717) is 46.9 Å². The average molecular weight is 724 g/mol. The molecule has 7 rings (SSSR count). The van der Waals surface area contributed by atoms with Crippen molar-refractivity contribution < 1.29 is 27.4 Å². The van der Waals surface area contributed by atoms with Crippen molar-refractivity contribution >= 4 is 35.3 Å². The molecule has 1 amide bonds. The molecule has 1 aliphatic carbocycles. The van der Waals surface area contributed by atoms with Crippen molar-refractivity contribution in [3.63, 3.8) is 0 Å². The molecule has 14 heteroatoms. The van der Waals surface area contributed by atoms with Crippen molar-refractivity contribution in [1.82, 2.24) is 20.1 Å². The fourth-order valence-corrected chi connectivity index (χ4v) is 7.85. The summed E-state index contributed by atoms with van der Waals surface area (Å²) in [5, 5.41) is 5.71. The van der Waals surface area contributed by atoms with Gasteiger partial charge >= 0.3 is 6.18 Å². The first kappa shape index (κ1) is 35.4. The zero-order chi connectivity index (χ0) is 35.6. The third-order valence-electron chi connectivity index (χ3n) is 10.2. The van der Waals surface area contributed by atoms with E-state index >= 15 is 0 Å². The number of rotatable bonds is 9. The van der Waals surface area contributed by atoms with Crippen LogP contribution in [-0.2, 0) is 11.3 Å². The highest BCUT2D eigenvalue weighted by molar-refractivity contribution is 7.98. The lowest BCUT2D eigenvalue weighted by atomic mass is 9.93. The zero-order valence-corrected chi connectivity index (χ0v) is 29.7. The fraction of sp³-hybridized carbons (Fsp3) is 0.486. The fourth-order valence-electron chi connectivity index (χ4n) is 7.18. The topological polar surface area (TPSA) is 104 Å². The summed E-state index contributed by atoms with van der Waals surface area (Å²) in [4.78, 5) is 26.0. The van der Waals surface area contributed by atoms with Crippen LogP contribution < -0.4 is 30.1 Å². The lowest BCUT2D eigenvalue weighted by Gasteiger charge is -2.34. The Labute approximate surface area is 300 Å². The lowest BCUT2D eigenvalue weighted by molar-refractivity contribution is -0.189. The average Bonchev–Trinajstić information content (AvgIpc) is 3.67. The van der Waals surface area contributed by atoms with Gasteiger partial charge in [-0.3, -0.25) is 14.5 Å². The van der Waals surface area contributed by atoms with Crippen LogP contribution in [0.5, 0.6) is 5.75 Å². The maximum Gasteiger partial charge on any atom is 0.394 e. The van der Waals surface area contributed by atoms with E-state index in [9.17, 15) is 18.0 Å². The Bertz CT molecular complexity index is 1740. The summed E-state index contributed by atoms with van der Waals surface area (Å²) in [7, 11) is 0. The lowest BCUT2D eigenvalue weighted by Crippen LogP contribution is -2.41. The van der Waals surface area contributed by atoms with Gasteiger partial charge in [-0.15, -0.1) is 0 Å². The molecule has 2 atom stereocenters. The molecule has 2 unspecified atom stereocenters. The molecule has 1 saturated carbocycles. The number of nitrogens with zero attached hydrogens (tertiary/aromatic N) is 4. The highest BCUT2D eigenvalue weighted by Crippen LogP contribution is 2.60. The first-order valence-corrected chi connectivity index (χ1v) is 18.4. The number of benzene rings is 1. The molecule has 2 fully saturated rings. The number of nitrogens with one attached hydrogen (secondary N) is 3. The molecule has 1 saturated heterocycles. The van der Waals surface area contributed by atoms with Crippen LogP contribution in [0.15, 0.2) is 71.9 Å². The number of hydrogen-bond donors (Lipinski definition) is 3. The SMILES string of the molecule is CC1(C)CC2CCCNc3ccc(OCc4ccccc4)c(n3)SNC(=O)c3ccc(N4C=CC(OCCCC5(C(F)(F)F)CC5)N4)nc3N1C2. The van der Waals surface area contributed by atoms with Crippen molar-refractivity contribution in [1.29, 1.82) is 0 Å². The molecule has 4 bridgehead atoms. The van der Waals surface area contributed by atoms with Crippen LogP contribution in [0.3, 0.4) is 0 Å². The first-order chi connectivity index (χ1) is 24.5. The van der Waals surface area contributed by atoms with E-state index in [1.165, 1.54) is 0 Å². The molecule has 5 heterocycles. The van der Waals surface area contributed by atoms with Crippen LogP contribution in [-0.4, -0.2) is 53.5 Å². The summed E-state index contributed by atoms with van der Waals surface area (Å²) < 4.78 is 55.0. The number of carbonyl (C=O) groups is 1. The minimum Gasteiger partial charge on any atom is -0.486 e. The second-order valence-corrected chi connectivity index (χ2v) is 15.2. The number of halogens is 3. The summed E-state index contributed by atoms with van der Waals surface area (Å²) in [6.07, 6.45) is 2.67. The monoisotopic (exact) mass is 723 g/mol. The second kappa shape index (κ2) is 14.5. The Balaban J connectivity index is 1.08. The highest BCUT2D eigenvalue weighted by Gasteiger charge is 2.62. The molecular formula is C37H44F3N7O3S. The van der Waals surface area contributed by atoms with E-state index in [2.05, 4.69) is 34.2 Å². The number of hydrogen-bond acceptors (Lipinski definition) is 10. The van der Waals surface area contributed by atoms with Gasteiger partial charge in [-0.1, -0.05) is 30.3 Å². The predicted molar refractivity (Wildman–Crippen MR) is 191 cm³/mol. The zero-order valence-electron chi connectivity index (χ0n) is 28.8. The highest BCUT2D eigenvalue weighted by atomic mass is 32.2. The Hall–Kier alpha value is -4.01. The van der Waals surface area contributed by atoms with E-state index in [1.54, 1.807) is 29.4 Å². The Morgan fingerprint density at radius 3 is 2.67 bits per heavy atom. The Kier molecular flexibility index (Phi) is 10.1. The van der Waals surface area contributed by atoms with E-state index in [-0.39, 0.29) is 37.3 Å². The van der Waals surface area contributed by atoms with Gasteiger partial charge in [0.15, 0.2) is 10.8 Å². The Morgan fingerprint density at radius 2 is 1.88 bits per heavy atom. The number of ether oxygens (including phenoxy) is 2. The normalized spacial score (nSPS) is 22.4. The molecular weight excluding hydrogens is 680 g/mol. The molecule has 2 aromatic heterocycles. The van der Waals surface area contributed by atoms with Gasteiger partial charge in [0.25, 0.3) is 5.91 Å². The summed E-state index contributed by atoms with van der Waals surface area (Å²) in [6.45, 7) is 6.47. The number of aromatic nitrogens is 2. The van der Waals surface area contributed by atoms with Gasteiger partial charge in [0.1, 0.15) is 30.3 Å². The molecule has 0 radical (unpaired) electrons. The minimum absolute atomic E-state index is 0.0794. The summed E-state index contributed by atoms with van der Waals surface area (Å²) >= 11 is 1.11. The van der Waals surface area contributed by atoms with Crippen LogP contribution in [0.2, 0.25) is 0 Å². The molecule has 4 aliphatic rings. The van der Waals surface area contributed by atoms with Gasteiger partial charge in [-0.2, -0.15) is 18.6 Å². The summed E-state index contributed by atoms with van der Waals surface area (Å²) in [6, 6.07) is 17.2. The van der Waals surface area contributed by atoms with E-state index in [1.807, 2.05) is 42.5 Å². The van der Waals surface area contributed by atoms with E-state index < -0.39 is 17.8 Å². The smallest absolute Gasteiger partial charge is 0.394 e. The predicted octanol–water partition coefficient (Wildman–Crippen LogP) is 7.61. The molecule has 10 nitrogen and oxygen atoms in total. The number of pyridine rings is 2. The Morgan fingerprint density at radius 1 is 1.06 bits per heavy atom. The number of alkyl halides is 3. The molecule has 0 spiro atoms. The van der Waals surface area contributed by atoms with Crippen LogP contribution in [0, 0.1) is 11.3 Å². The number of amides is 1. The second-order valence-electron chi connectivity index (χ2n) is 14.4. The summed E-state index contributed by atoms with van der Waals surface area (Å²) in [5.74, 6) is 2.53. The first-order valence-electron chi connectivity index (χ1n) is 17.6. The maximum atomic E-state index is 14.0. The molecule has 3 aliphatic heterocycles. The molecule has 1 aromatic carbocycles. The number of fused-ring (bicyclic) bond motifs is 6. The largest absolute Gasteiger partial charge is 0.486 e. The maximum absolute atomic E-state index is 14.0. The van der Waals surface area contributed by atoms with Crippen LogP contribution in [0.25, 0.3) is 0 Å². The van der Waals surface area contributed by atoms with Gasteiger partial charge in [0, 0.05) is 43.4 Å². The van der Waals surface area contributed by atoms with Gasteiger partial charge in [-0.05, 0) is 101 Å². The quantitative estimate of drug-likeness (QED) is 0.151. The minimum atomic E-state index is -4.15. The molecule has 3 N–H and O–H groups in total. The number of carbonyl (C=O) groups excluding carboxylic acids is 1. The molecule has 272 valence electrons. The van der Waals surface area contributed by atoms with Crippen molar-refractivity contribution in [2.24, 2.45) is 11.3 Å². The third-order valence-corrected chi connectivity index (χ3v) is 11.0. The van der Waals surface area contributed by atoms with E-state index in [4.69, 9.17) is 19.4 Å². The third kappa shape index (κ3) is 8.07. The van der Waals surface area contributed by atoms with Gasteiger partial charge in [-0.25, -0.2) is 9.97 Å². The van der Waals surface area contributed by atoms with Crippen molar-refractivity contribution in [3.05, 3.63) is 78.0 Å². The summed E-state index contributed by atoms with van der Waals surface area (Å²) in [5.41, 5.74) is 2.90. The van der Waals surface area contributed by atoms with Gasteiger partial charge in [0.2, 0.25) is 0 Å². The number of hydrazine groups is 1.